The molecule has 1 aromatic carbocycles. The van der Waals surface area contributed by atoms with Crippen LogP contribution in [0.25, 0.3) is 16.7 Å². The van der Waals surface area contributed by atoms with E-state index in [0.29, 0.717) is 46.7 Å². The number of hydrogen-bond donors (Lipinski definition) is 2. The number of halogens is 4. The Morgan fingerprint density at radius 1 is 1.18 bits per heavy atom. The third kappa shape index (κ3) is 4.06. The maximum atomic E-state index is 15.2. The Hall–Kier alpha value is -3.27. The largest absolute Gasteiger partial charge is 0.419 e. The Kier molecular flexibility index (Phi) is 5.63. The average Bonchev–Trinajstić information content (AvgIpc) is 3.35. The van der Waals surface area contributed by atoms with Gasteiger partial charge in [0.1, 0.15) is 17.1 Å². The average molecular weight is 473 g/mol. The monoisotopic (exact) mass is 473 g/mol. The predicted octanol–water partition coefficient (Wildman–Crippen LogP) is 5.06. The van der Waals surface area contributed by atoms with E-state index in [2.05, 4.69) is 25.8 Å². The first kappa shape index (κ1) is 22.5. The number of hydrogen-bond acceptors (Lipinski definition) is 6. The Bertz CT molecular complexity index is 1260. The molecule has 3 heterocycles. The lowest BCUT2D eigenvalue weighted by Gasteiger charge is -2.24. The topological polar surface area (TPSA) is 75.9 Å². The molecule has 10 heteroatoms. The van der Waals surface area contributed by atoms with Gasteiger partial charge in [0.15, 0.2) is 0 Å². The van der Waals surface area contributed by atoms with Crippen molar-refractivity contribution >= 4 is 11.5 Å². The molecular formula is C24H23F4N5O. The number of nitrogens with zero attached hydrogens (tertiary/aromatic N) is 3. The van der Waals surface area contributed by atoms with Crippen LogP contribution in [0.4, 0.5) is 23.5 Å². The lowest BCUT2D eigenvalue weighted by molar-refractivity contribution is -0.138. The van der Waals surface area contributed by atoms with Crippen molar-refractivity contribution in [1.82, 2.24) is 20.4 Å². The standard InChI is InChI=1S/C24H23F4N5O/c1-12-21(13(2)34-33-12)18-8-14-5-6-16(17(14)9-20(18)25)22-19(24(26,27)28)11-30-23(32-22)31-15-4-3-7-29-10-15/h6,8-9,11,15,29H,3-5,7,10H2,1-2H3,(H,30,31,32)/t15-/m0/s1. The first-order chi connectivity index (χ1) is 16.2. The molecule has 1 atom stereocenters. The number of aromatic nitrogens is 3. The molecule has 0 unspecified atom stereocenters. The number of fused-ring (bicyclic) bond motifs is 1. The van der Waals surface area contributed by atoms with E-state index in [9.17, 15) is 13.2 Å². The molecule has 0 radical (unpaired) electrons. The summed E-state index contributed by atoms with van der Waals surface area (Å²) in [5.41, 5.74) is 1.57. The van der Waals surface area contributed by atoms with Crippen molar-refractivity contribution < 1.29 is 22.1 Å². The quantitative estimate of drug-likeness (QED) is 0.516. The zero-order chi connectivity index (χ0) is 24.0. The number of piperidine rings is 1. The maximum Gasteiger partial charge on any atom is 0.419 e. The van der Waals surface area contributed by atoms with E-state index in [-0.39, 0.29) is 23.3 Å². The van der Waals surface area contributed by atoms with Crippen molar-refractivity contribution in [3.63, 3.8) is 0 Å². The minimum Gasteiger partial charge on any atom is -0.361 e. The Labute approximate surface area is 193 Å². The van der Waals surface area contributed by atoms with Gasteiger partial charge in [-0.2, -0.15) is 13.2 Å². The van der Waals surface area contributed by atoms with E-state index >= 15 is 4.39 Å². The van der Waals surface area contributed by atoms with E-state index < -0.39 is 17.6 Å². The smallest absolute Gasteiger partial charge is 0.361 e. The van der Waals surface area contributed by atoms with E-state index in [1.54, 1.807) is 26.0 Å². The summed E-state index contributed by atoms with van der Waals surface area (Å²) in [5, 5.41) is 10.2. The summed E-state index contributed by atoms with van der Waals surface area (Å²) < 4.78 is 61.9. The van der Waals surface area contributed by atoms with Gasteiger partial charge in [-0.15, -0.1) is 0 Å². The molecule has 2 N–H and O–H groups in total. The zero-order valence-electron chi connectivity index (χ0n) is 18.7. The van der Waals surface area contributed by atoms with Crippen LogP contribution < -0.4 is 10.6 Å². The number of allylic oxidation sites excluding steroid dienone is 1. The van der Waals surface area contributed by atoms with E-state index in [1.807, 2.05) is 0 Å². The van der Waals surface area contributed by atoms with Crippen LogP contribution in [0.5, 0.6) is 0 Å². The van der Waals surface area contributed by atoms with Crippen LogP contribution in [0.3, 0.4) is 0 Å². The Balaban J connectivity index is 1.55. The molecule has 1 saturated heterocycles. The van der Waals surface area contributed by atoms with Gasteiger partial charge in [-0.1, -0.05) is 11.2 Å². The van der Waals surface area contributed by atoms with Crippen LogP contribution in [0.2, 0.25) is 0 Å². The molecule has 1 fully saturated rings. The van der Waals surface area contributed by atoms with Gasteiger partial charge in [0.2, 0.25) is 5.95 Å². The van der Waals surface area contributed by atoms with E-state index in [4.69, 9.17) is 4.52 Å². The third-order valence-electron chi connectivity index (χ3n) is 6.29. The second-order valence-corrected chi connectivity index (χ2v) is 8.65. The summed E-state index contributed by atoms with van der Waals surface area (Å²) >= 11 is 0. The molecule has 178 valence electrons. The Morgan fingerprint density at radius 3 is 2.68 bits per heavy atom. The van der Waals surface area contributed by atoms with Gasteiger partial charge < -0.3 is 15.2 Å². The van der Waals surface area contributed by atoms with E-state index in [0.717, 1.165) is 25.6 Å². The van der Waals surface area contributed by atoms with Crippen LogP contribution >= 0.6 is 0 Å². The SMILES string of the molecule is Cc1noc(C)c1-c1cc2c(cc1F)C(c1nc(N[C@H]3CCCNC3)ncc1C(F)(F)F)=CC2. The molecular weight excluding hydrogens is 450 g/mol. The first-order valence-electron chi connectivity index (χ1n) is 11.1. The molecule has 0 spiro atoms. The van der Waals surface area contributed by atoms with Crippen LogP contribution in [-0.2, 0) is 12.6 Å². The minimum absolute atomic E-state index is 0.0261. The van der Waals surface area contributed by atoms with Gasteiger partial charge in [0.05, 0.1) is 17.0 Å². The second-order valence-electron chi connectivity index (χ2n) is 8.65. The Morgan fingerprint density at radius 2 is 2.00 bits per heavy atom. The molecule has 0 bridgehead atoms. The molecule has 1 aliphatic heterocycles. The van der Waals surface area contributed by atoms with Gasteiger partial charge >= 0.3 is 6.18 Å². The van der Waals surface area contributed by atoms with Crippen LogP contribution in [0, 0.1) is 19.7 Å². The fraction of sp³-hybridized carbons (Fsp3) is 0.375. The summed E-state index contributed by atoms with van der Waals surface area (Å²) in [6.07, 6.45) is -0.0135. The highest BCUT2D eigenvalue weighted by Gasteiger charge is 2.37. The van der Waals surface area contributed by atoms with Gasteiger partial charge in [-0.3, -0.25) is 0 Å². The molecule has 1 aliphatic carbocycles. The van der Waals surface area contributed by atoms with Crippen molar-refractivity contribution in [3.8, 4) is 11.1 Å². The highest BCUT2D eigenvalue weighted by molar-refractivity contribution is 5.86. The van der Waals surface area contributed by atoms with Crippen molar-refractivity contribution in [3.05, 3.63) is 64.1 Å². The van der Waals surface area contributed by atoms with Crippen molar-refractivity contribution in [2.75, 3.05) is 18.4 Å². The number of nitrogens with one attached hydrogen (secondary N) is 2. The fourth-order valence-corrected chi connectivity index (χ4v) is 4.66. The number of alkyl halides is 3. The van der Waals surface area contributed by atoms with Crippen molar-refractivity contribution in [2.45, 2.75) is 45.3 Å². The van der Waals surface area contributed by atoms with Crippen molar-refractivity contribution in [2.24, 2.45) is 0 Å². The van der Waals surface area contributed by atoms with Gasteiger partial charge in [-0.05, 0) is 62.9 Å². The second kappa shape index (κ2) is 8.50. The van der Waals surface area contributed by atoms with Gasteiger partial charge in [0, 0.05) is 29.9 Å². The van der Waals surface area contributed by atoms with Crippen LogP contribution in [0.15, 0.2) is 28.9 Å². The number of anilines is 1. The summed E-state index contributed by atoms with van der Waals surface area (Å²) in [6, 6.07) is 2.95. The maximum absolute atomic E-state index is 15.2. The fourth-order valence-electron chi connectivity index (χ4n) is 4.66. The zero-order valence-corrected chi connectivity index (χ0v) is 18.7. The van der Waals surface area contributed by atoms with Crippen LogP contribution in [-0.4, -0.2) is 34.3 Å². The first-order valence-corrected chi connectivity index (χ1v) is 11.1. The molecule has 3 aromatic rings. The van der Waals surface area contributed by atoms with Crippen LogP contribution in [0.1, 0.15) is 46.7 Å². The summed E-state index contributed by atoms with van der Waals surface area (Å²) in [7, 11) is 0. The normalized spacial score (nSPS) is 18.1. The molecule has 34 heavy (non-hydrogen) atoms. The lowest BCUT2D eigenvalue weighted by atomic mass is 9.95. The number of rotatable bonds is 4. The molecule has 0 saturated carbocycles. The highest BCUT2D eigenvalue weighted by atomic mass is 19.4. The third-order valence-corrected chi connectivity index (χ3v) is 6.29. The van der Waals surface area contributed by atoms with E-state index in [1.165, 1.54) is 6.07 Å². The molecule has 0 amide bonds. The number of aryl methyl sites for hydroxylation is 2. The minimum atomic E-state index is -4.65. The molecule has 2 aromatic heterocycles. The summed E-state index contributed by atoms with van der Waals surface area (Å²) in [5.74, 6) is 0.0414. The number of benzene rings is 1. The summed E-state index contributed by atoms with van der Waals surface area (Å²) in [6.45, 7) is 5.00. The van der Waals surface area contributed by atoms with Gasteiger partial charge in [-0.25, -0.2) is 14.4 Å². The highest BCUT2D eigenvalue weighted by Crippen LogP contribution is 2.42. The lowest BCUT2D eigenvalue weighted by Crippen LogP contribution is -2.38. The summed E-state index contributed by atoms with van der Waals surface area (Å²) in [4.78, 5) is 8.18. The predicted molar refractivity (Wildman–Crippen MR) is 119 cm³/mol. The molecule has 6 nitrogen and oxygen atoms in total. The molecule has 2 aliphatic rings. The molecule has 5 rings (SSSR count). The van der Waals surface area contributed by atoms with Crippen molar-refractivity contribution in [1.29, 1.82) is 0 Å². The van der Waals surface area contributed by atoms with Gasteiger partial charge in [0.25, 0.3) is 0 Å².